The minimum atomic E-state index is -0.216. The maximum absolute atomic E-state index is 12.0. The third-order valence-corrected chi connectivity index (χ3v) is 3.30. The van der Waals surface area contributed by atoms with Gasteiger partial charge in [-0.2, -0.15) is 5.26 Å². The van der Waals surface area contributed by atoms with Gasteiger partial charge >= 0.3 is 0 Å². The molecule has 0 aliphatic rings. The van der Waals surface area contributed by atoms with Gasteiger partial charge in [0.2, 0.25) is 5.56 Å². The summed E-state index contributed by atoms with van der Waals surface area (Å²) < 4.78 is 0. The minimum Gasteiger partial charge on any atom is -0.321 e. The second-order valence-electron chi connectivity index (χ2n) is 4.64. The monoisotopic (exact) mass is 272 g/mol. The Kier molecular flexibility index (Phi) is 3.36. The zero-order valence-electron chi connectivity index (χ0n) is 11.2. The van der Waals surface area contributed by atoms with Gasteiger partial charge < -0.3 is 4.98 Å². The van der Waals surface area contributed by atoms with Gasteiger partial charge in [0.05, 0.1) is 11.3 Å². The second-order valence-corrected chi connectivity index (χ2v) is 4.64. The second kappa shape index (κ2) is 5.48. The Morgan fingerprint density at radius 2 is 1.43 bits per heavy atom. The first-order valence-electron chi connectivity index (χ1n) is 6.58. The Morgan fingerprint density at radius 3 is 2.00 bits per heavy atom. The lowest BCUT2D eigenvalue weighted by Gasteiger charge is -2.09. The largest absolute Gasteiger partial charge is 0.321 e. The third kappa shape index (κ3) is 2.47. The van der Waals surface area contributed by atoms with Gasteiger partial charge in [0.25, 0.3) is 0 Å². The topological polar surface area (TPSA) is 56.6 Å². The number of aromatic amines is 1. The van der Waals surface area contributed by atoms with Crippen molar-refractivity contribution < 1.29 is 0 Å². The first-order chi connectivity index (χ1) is 10.3. The normalized spacial score (nSPS) is 10.0. The molecule has 0 atom stereocenters. The number of hydrogen-bond acceptors (Lipinski definition) is 2. The fourth-order valence-electron chi connectivity index (χ4n) is 2.34. The molecule has 0 saturated carbocycles. The van der Waals surface area contributed by atoms with Crippen LogP contribution >= 0.6 is 0 Å². The first kappa shape index (κ1) is 12.9. The number of rotatable bonds is 2. The van der Waals surface area contributed by atoms with E-state index in [9.17, 15) is 10.1 Å². The van der Waals surface area contributed by atoms with Crippen molar-refractivity contribution in [2.75, 3.05) is 0 Å². The lowest BCUT2D eigenvalue weighted by Crippen LogP contribution is -2.08. The SMILES string of the molecule is N#Cc1c(-c2ccccc2)cc(=O)[nH]c1-c1ccccc1. The molecule has 0 spiro atoms. The van der Waals surface area contributed by atoms with E-state index in [1.807, 2.05) is 60.7 Å². The molecular formula is C18H12N2O. The van der Waals surface area contributed by atoms with E-state index in [4.69, 9.17) is 0 Å². The number of pyridine rings is 1. The summed E-state index contributed by atoms with van der Waals surface area (Å²) in [7, 11) is 0. The molecule has 1 N–H and O–H groups in total. The third-order valence-electron chi connectivity index (χ3n) is 3.30. The van der Waals surface area contributed by atoms with Crippen LogP contribution in [0.1, 0.15) is 5.56 Å². The van der Waals surface area contributed by atoms with Crippen LogP contribution in [-0.2, 0) is 0 Å². The van der Waals surface area contributed by atoms with E-state index in [0.29, 0.717) is 16.8 Å². The van der Waals surface area contributed by atoms with E-state index in [0.717, 1.165) is 11.1 Å². The number of H-pyrrole nitrogens is 1. The van der Waals surface area contributed by atoms with Crippen LogP contribution < -0.4 is 5.56 Å². The maximum atomic E-state index is 12.0. The highest BCUT2D eigenvalue weighted by Crippen LogP contribution is 2.28. The van der Waals surface area contributed by atoms with Gasteiger partial charge in [-0.05, 0) is 11.1 Å². The minimum absolute atomic E-state index is 0.216. The summed E-state index contributed by atoms with van der Waals surface area (Å²) in [5, 5.41) is 9.54. The van der Waals surface area contributed by atoms with Crippen LogP contribution in [-0.4, -0.2) is 4.98 Å². The molecule has 0 saturated heterocycles. The summed E-state index contributed by atoms with van der Waals surface area (Å²) in [6, 6.07) is 22.6. The molecule has 0 aliphatic carbocycles. The molecular weight excluding hydrogens is 260 g/mol. The predicted octanol–water partition coefficient (Wildman–Crippen LogP) is 3.58. The van der Waals surface area contributed by atoms with Crippen molar-refractivity contribution >= 4 is 0 Å². The number of nitriles is 1. The van der Waals surface area contributed by atoms with Gasteiger partial charge in [-0.1, -0.05) is 60.7 Å². The van der Waals surface area contributed by atoms with E-state index < -0.39 is 0 Å². The lowest BCUT2D eigenvalue weighted by atomic mass is 9.97. The predicted molar refractivity (Wildman–Crippen MR) is 82.6 cm³/mol. The zero-order chi connectivity index (χ0) is 14.7. The fourth-order valence-corrected chi connectivity index (χ4v) is 2.34. The van der Waals surface area contributed by atoms with Crippen LogP contribution in [0.4, 0.5) is 0 Å². The van der Waals surface area contributed by atoms with Crippen molar-refractivity contribution in [3.63, 3.8) is 0 Å². The molecule has 2 aromatic carbocycles. The Morgan fingerprint density at radius 1 is 0.857 bits per heavy atom. The van der Waals surface area contributed by atoms with Crippen LogP contribution in [0.2, 0.25) is 0 Å². The Bertz CT molecular complexity index is 795. The summed E-state index contributed by atoms with van der Waals surface area (Å²) in [6.07, 6.45) is 0. The first-order valence-corrected chi connectivity index (χ1v) is 6.58. The average Bonchev–Trinajstić information content (AvgIpc) is 2.55. The van der Waals surface area contributed by atoms with Crippen molar-refractivity contribution in [2.24, 2.45) is 0 Å². The Labute approximate surface area is 122 Å². The van der Waals surface area contributed by atoms with Gasteiger partial charge in [0.1, 0.15) is 6.07 Å². The lowest BCUT2D eigenvalue weighted by molar-refractivity contribution is 1.23. The molecule has 0 bridgehead atoms. The van der Waals surface area contributed by atoms with Crippen LogP contribution in [0.25, 0.3) is 22.4 Å². The number of hydrogen-bond donors (Lipinski definition) is 1. The zero-order valence-corrected chi connectivity index (χ0v) is 11.2. The molecule has 3 rings (SSSR count). The molecule has 0 radical (unpaired) electrons. The highest BCUT2D eigenvalue weighted by molar-refractivity contribution is 5.79. The molecule has 100 valence electrons. The quantitative estimate of drug-likeness (QED) is 0.775. The van der Waals surface area contributed by atoms with Gasteiger partial charge in [-0.3, -0.25) is 4.79 Å². The number of aromatic nitrogens is 1. The van der Waals surface area contributed by atoms with Crippen LogP contribution in [0.3, 0.4) is 0 Å². The summed E-state index contributed by atoms with van der Waals surface area (Å²) >= 11 is 0. The van der Waals surface area contributed by atoms with Gasteiger partial charge in [-0.25, -0.2) is 0 Å². The average molecular weight is 272 g/mol. The smallest absolute Gasteiger partial charge is 0.249 e. The number of nitrogens with one attached hydrogen (secondary N) is 1. The Balaban J connectivity index is 2.31. The Hall–Kier alpha value is -3.12. The molecule has 0 unspecified atom stereocenters. The molecule has 3 aromatic rings. The standard InChI is InChI=1S/C18H12N2O/c19-12-16-15(13-7-3-1-4-8-13)11-17(21)20-18(16)14-9-5-2-6-10-14/h1-11H,(H,20,21). The summed E-state index contributed by atoms with van der Waals surface area (Å²) in [5.74, 6) is 0. The molecule has 21 heavy (non-hydrogen) atoms. The van der Waals surface area contributed by atoms with Gasteiger partial charge in [0, 0.05) is 11.6 Å². The van der Waals surface area contributed by atoms with Crippen LogP contribution in [0.15, 0.2) is 71.5 Å². The van der Waals surface area contributed by atoms with Crippen molar-refractivity contribution in [2.45, 2.75) is 0 Å². The van der Waals surface area contributed by atoms with Crippen molar-refractivity contribution in [1.82, 2.24) is 4.98 Å². The van der Waals surface area contributed by atoms with E-state index in [2.05, 4.69) is 11.1 Å². The highest BCUT2D eigenvalue weighted by atomic mass is 16.1. The molecule has 3 heteroatoms. The highest BCUT2D eigenvalue weighted by Gasteiger charge is 2.13. The van der Waals surface area contributed by atoms with Crippen molar-refractivity contribution in [1.29, 1.82) is 5.26 Å². The number of nitrogens with zero attached hydrogens (tertiary/aromatic N) is 1. The van der Waals surface area contributed by atoms with Gasteiger partial charge in [0.15, 0.2) is 0 Å². The summed E-state index contributed by atoms with van der Waals surface area (Å²) in [4.78, 5) is 14.7. The van der Waals surface area contributed by atoms with Crippen molar-refractivity contribution in [3.8, 4) is 28.5 Å². The van der Waals surface area contributed by atoms with Gasteiger partial charge in [-0.15, -0.1) is 0 Å². The van der Waals surface area contributed by atoms with E-state index in [1.54, 1.807) is 0 Å². The van der Waals surface area contributed by atoms with Crippen molar-refractivity contribution in [3.05, 3.63) is 82.6 Å². The maximum Gasteiger partial charge on any atom is 0.249 e. The molecule has 0 fully saturated rings. The fraction of sp³-hybridized carbons (Fsp3) is 0. The van der Waals surface area contributed by atoms with Crippen LogP contribution in [0.5, 0.6) is 0 Å². The molecule has 3 nitrogen and oxygen atoms in total. The molecule has 1 aromatic heterocycles. The molecule has 1 heterocycles. The van der Waals surface area contributed by atoms with E-state index >= 15 is 0 Å². The van der Waals surface area contributed by atoms with Crippen LogP contribution in [0, 0.1) is 11.3 Å². The summed E-state index contributed by atoms with van der Waals surface area (Å²) in [5.41, 5.74) is 3.16. The number of benzene rings is 2. The molecule has 0 aliphatic heterocycles. The summed E-state index contributed by atoms with van der Waals surface area (Å²) in [6.45, 7) is 0. The van der Waals surface area contributed by atoms with E-state index in [-0.39, 0.29) is 5.56 Å². The van der Waals surface area contributed by atoms with E-state index in [1.165, 1.54) is 6.07 Å². The molecule has 0 amide bonds.